The minimum Gasteiger partial charge on any atom is -0.357 e. The number of hydrogen-bond donors (Lipinski definition) is 2. The number of aromatic nitrogens is 3. The van der Waals surface area contributed by atoms with Crippen molar-refractivity contribution in [2.24, 2.45) is 4.99 Å². The van der Waals surface area contributed by atoms with E-state index in [4.69, 9.17) is 0 Å². The maximum Gasteiger partial charge on any atom is 0.225 e. The number of piperazine rings is 1. The summed E-state index contributed by atoms with van der Waals surface area (Å²) in [7, 11) is 0. The van der Waals surface area contributed by atoms with E-state index in [1.807, 2.05) is 12.3 Å². The lowest BCUT2D eigenvalue weighted by atomic mass is 10.3. The summed E-state index contributed by atoms with van der Waals surface area (Å²) in [5, 5.41) is 7.79. The molecule has 0 saturated carbocycles. The van der Waals surface area contributed by atoms with Crippen molar-refractivity contribution in [3.63, 3.8) is 0 Å². The molecule has 1 aliphatic rings. The fourth-order valence-corrected chi connectivity index (χ4v) is 3.81. The Morgan fingerprint density at radius 3 is 2.55 bits per heavy atom. The van der Waals surface area contributed by atoms with Crippen LogP contribution in [0.3, 0.4) is 0 Å². The van der Waals surface area contributed by atoms with Gasteiger partial charge >= 0.3 is 0 Å². The highest BCUT2D eigenvalue weighted by molar-refractivity contribution is 14.0. The van der Waals surface area contributed by atoms with Crippen molar-refractivity contribution in [2.75, 3.05) is 50.7 Å². The molecule has 3 heterocycles. The van der Waals surface area contributed by atoms with Gasteiger partial charge in [-0.2, -0.15) is 0 Å². The van der Waals surface area contributed by atoms with Crippen LogP contribution in [0.25, 0.3) is 0 Å². The molecule has 2 N–H and O–H groups in total. The predicted molar refractivity (Wildman–Crippen MR) is 130 cm³/mol. The second-order valence-corrected chi connectivity index (χ2v) is 8.04. The Morgan fingerprint density at radius 2 is 1.90 bits per heavy atom. The molecular formula is C19H31IN8S. The Bertz CT molecular complexity index is 731. The molecule has 0 unspecified atom stereocenters. The van der Waals surface area contributed by atoms with Crippen LogP contribution in [0, 0.1) is 6.92 Å². The lowest BCUT2D eigenvalue weighted by Crippen LogP contribution is -2.47. The molecule has 0 spiro atoms. The average Bonchev–Trinajstić information content (AvgIpc) is 3.15. The predicted octanol–water partition coefficient (Wildman–Crippen LogP) is 2.13. The van der Waals surface area contributed by atoms with E-state index >= 15 is 0 Å². The first kappa shape index (κ1) is 23.7. The number of nitrogens with one attached hydrogen (secondary N) is 2. The van der Waals surface area contributed by atoms with Crippen molar-refractivity contribution in [2.45, 2.75) is 26.8 Å². The summed E-state index contributed by atoms with van der Waals surface area (Å²) < 4.78 is 0. The van der Waals surface area contributed by atoms with Gasteiger partial charge in [0.05, 0.1) is 6.54 Å². The van der Waals surface area contributed by atoms with E-state index in [0.29, 0.717) is 6.54 Å². The van der Waals surface area contributed by atoms with Crippen LogP contribution in [0.5, 0.6) is 0 Å². The third kappa shape index (κ3) is 8.01. The van der Waals surface area contributed by atoms with E-state index in [0.717, 1.165) is 69.1 Å². The number of guanidine groups is 1. The third-order valence-electron chi connectivity index (χ3n) is 4.54. The molecule has 0 radical (unpaired) electrons. The fraction of sp³-hybridized carbons (Fsp3) is 0.579. The van der Waals surface area contributed by atoms with E-state index in [9.17, 15) is 0 Å². The van der Waals surface area contributed by atoms with Gasteiger partial charge in [0.15, 0.2) is 5.96 Å². The number of anilines is 1. The van der Waals surface area contributed by atoms with Gasteiger partial charge in [0, 0.05) is 62.7 Å². The van der Waals surface area contributed by atoms with Gasteiger partial charge in [0.1, 0.15) is 5.01 Å². The van der Waals surface area contributed by atoms with Gasteiger partial charge in [-0.25, -0.2) is 19.9 Å². The summed E-state index contributed by atoms with van der Waals surface area (Å²) in [4.78, 5) is 23.7. The van der Waals surface area contributed by atoms with Crippen LogP contribution >= 0.6 is 35.3 Å². The second kappa shape index (κ2) is 12.9. The normalized spacial score (nSPS) is 15.1. The number of nitrogens with zero attached hydrogens (tertiary/aromatic N) is 6. The van der Waals surface area contributed by atoms with Crippen LogP contribution in [-0.4, -0.2) is 71.6 Å². The summed E-state index contributed by atoms with van der Waals surface area (Å²) in [5.41, 5.74) is 0. The highest BCUT2D eigenvalue weighted by Gasteiger charge is 2.18. The summed E-state index contributed by atoms with van der Waals surface area (Å²) in [6.07, 6.45) is 6.60. The monoisotopic (exact) mass is 530 g/mol. The second-order valence-electron chi connectivity index (χ2n) is 6.72. The summed E-state index contributed by atoms with van der Waals surface area (Å²) >= 11 is 1.70. The van der Waals surface area contributed by atoms with E-state index in [2.05, 4.69) is 54.2 Å². The van der Waals surface area contributed by atoms with E-state index in [-0.39, 0.29) is 24.0 Å². The van der Waals surface area contributed by atoms with E-state index in [1.165, 1.54) is 4.88 Å². The highest BCUT2D eigenvalue weighted by Crippen LogP contribution is 2.12. The smallest absolute Gasteiger partial charge is 0.225 e. The summed E-state index contributed by atoms with van der Waals surface area (Å²) in [5.74, 6) is 1.70. The Kier molecular flexibility index (Phi) is 10.6. The molecule has 3 rings (SSSR count). The topological polar surface area (TPSA) is 81.6 Å². The molecule has 2 aromatic heterocycles. The molecule has 0 amide bonds. The van der Waals surface area contributed by atoms with Gasteiger partial charge < -0.3 is 15.5 Å². The fourth-order valence-electron chi connectivity index (χ4n) is 3.10. The van der Waals surface area contributed by atoms with Crippen LogP contribution in [-0.2, 0) is 6.54 Å². The first-order valence-electron chi connectivity index (χ1n) is 9.92. The molecule has 29 heavy (non-hydrogen) atoms. The Hall–Kier alpha value is -1.53. The molecule has 0 bridgehead atoms. The zero-order valence-electron chi connectivity index (χ0n) is 17.2. The molecule has 10 heteroatoms. The number of thiazole rings is 1. The minimum atomic E-state index is 0. The van der Waals surface area contributed by atoms with Crippen molar-refractivity contribution >= 4 is 47.2 Å². The van der Waals surface area contributed by atoms with Crippen molar-refractivity contribution in [3.05, 3.63) is 34.5 Å². The van der Waals surface area contributed by atoms with Crippen LogP contribution < -0.4 is 15.5 Å². The van der Waals surface area contributed by atoms with Gasteiger partial charge in [0.2, 0.25) is 5.95 Å². The summed E-state index contributed by atoms with van der Waals surface area (Å²) in [6.45, 7) is 11.7. The van der Waals surface area contributed by atoms with Crippen molar-refractivity contribution < 1.29 is 0 Å². The van der Waals surface area contributed by atoms with Crippen LogP contribution in [0.1, 0.15) is 23.2 Å². The quantitative estimate of drug-likeness (QED) is 0.234. The Balaban J connectivity index is 0.00000300. The lowest BCUT2D eigenvalue weighted by molar-refractivity contribution is 0.254. The van der Waals surface area contributed by atoms with E-state index < -0.39 is 0 Å². The van der Waals surface area contributed by atoms with Gasteiger partial charge in [0.25, 0.3) is 0 Å². The van der Waals surface area contributed by atoms with Gasteiger partial charge in [-0.1, -0.05) is 0 Å². The molecule has 1 fully saturated rings. The van der Waals surface area contributed by atoms with Gasteiger partial charge in [-0.15, -0.1) is 35.3 Å². The van der Waals surface area contributed by atoms with Gasteiger partial charge in [-0.05, 0) is 32.9 Å². The first-order chi connectivity index (χ1) is 13.7. The third-order valence-corrected chi connectivity index (χ3v) is 5.43. The molecule has 0 aliphatic carbocycles. The lowest BCUT2D eigenvalue weighted by Gasteiger charge is -2.34. The molecule has 1 aliphatic heterocycles. The Labute approximate surface area is 194 Å². The number of aryl methyl sites for hydroxylation is 1. The summed E-state index contributed by atoms with van der Waals surface area (Å²) in [6, 6.07) is 1.86. The van der Waals surface area contributed by atoms with Crippen molar-refractivity contribution in [1.29, 1.82) is 0 Å². The largest absolute Gasteiger partial charge is 0.357 e. The number of rotatable bonds is 8. The number of hydrogen-bond acceptors (Lipinski definition) is 7. The molecule has 8 nitrogen and oxygen atoms in total. The standard InChI is InChI=1S/C19H30N8S.HI/c1-3-20-18(25-15-17-24-14-16(2)28-17)21-8-5-9-26-10-12-27(13-11-26)19-22-6-4-7-23-19;/h4,6-7,14H,3,5,8-13,15H2,1-2H3,(H2,20,21,25);1H. The molecule has 2 aromatic rings. The zero-order valence-corrected chi connectivity index (χ0v) is 20.3. The van der Waals surface area contributed by atoms with Crippen molar-refractivity contribution in [3.8, 4) is 0 Å². The molecule has 0 atom stereocenters. The van der Waals surface area contributed by atoms with Crippen LogP contribution in [0.15, 0.2) is 29.6 Å². The first-order valence-corrected chi connectivity index (χ1v) is 10.7. The SMILES string of the molecule is CCNC(=NCc1ncc(C)s1)NCCCN1CCN(c2ncccn2)CC1.I. The van der Waals surface area contributed by atoms with E-state index in [1.54, 1.807) is 23.7 Å². The molecule has 160 valence electrons. The Morgan fingerprint density at radius 1 is 1.14 bits per heavy atom. The number of halogens is 1. The molecular weight excluding hydrogens is 499 g/mol. The van der Waals surface area contributed by atoms with Crippen molar-refractivity contribution in [1.82, 2.24) is 30.5 Å². The van der Waals surface area contributed by atoms with Gasteiger partial charge in [-0.3, -0.25) is 4.90 Å². The highest BCUT2D eigenvalue weighted by atomic mass is 127. The van der Waals surface area contributed by atoms with Crippen LogP contribution in [0.2, 0.25) is 0 Å². The maximum absolute atomic E-state index is 4.63. The van der Waals surface area contributed by atoms with Crippen LogP contribution in [0.4, 0.5) is 5.95 Å². The molecule has 1 saturated heterocycles. The minimum absolute atomic E-state index is 0. The molecule has 0 aromatic carbocycles. The zero-order chi connectivity index (χ0) is 19.6. The maximum atomic E-state index is 4.63. The number of aliphatic imine (C=N–C) groups is 1. The average molecular weight is 530 g/mol.